The summed E-state index contributed by atoms with van der Waals surface area (Å²) in [5.74, 6) is -0.577. The molecule has 302 valence electrons. The number of hydrogen-bond acceptors (Lipinski definition) is 10. The van der Waals surface area contributed by atoms with Gasteiger partial charge < -0.3 is 24.1 Å². The first-order valence-electron chi connectivity index (χ1n) is 20.4. The van der Waals surface area contributed by atoms with Crippen molar-refractivity contribution >= 4 is 51.6 Å². The van der Waals surface area contributed by atoms with Crippen molar-refractivity contribution in [3.8, 4) is 5.88 Å². The molecule has 3 aliphatic carbocycles. The summed E-state index contributed by atoms with van der Waals surface area (Å²) in [6.45, 7) is 8.03. The average molecular weight is 790 g/mol. The van der Waals surface area contributed by atoms with Gasteiger partial charge in [0.05, 0.1) is 34.3 Å². The fourth-order valence-corrected chi connectivity index (χ4v) is 10.7. The molecule has 0 spiro atoms. The highest BCUT2D eigenvalue weighted by Crippen LogP contribution is 2.57. The zero-order valence-electron chi connectivity index (χ0n) is 32.2. The molecule has 2 saturated heterocycles. The predicted octanol–water partition coefficient (Wildman–Crippen LogP) is 5.00. The lowest BCUT2D eigenvalue weighted by molar-refractivity contribution is -0.144. The zero-order valence-corrected chi connectivity index (χ0v) is 33.0. The number of ether oxygens (including phenoxy) is 2. The molecule has 4 heterocycles. The Kier molecular flexibility index (Phi) is 12.3. The van der Waals surface area contributed by atoms with Crippen LogP contribution in [-0.4, -0.2) is 102 Å². The summed E-state index contributed by atoms with van der Waals surface area (Å²) >= 11 is 0. The molecule has 3 amide bonds. The van der Waals surface area contributed by atoms with Crippen molar-refractivity contribution in [1.29, 1.82) is 0 Å². The van der Waals surface area contributed by atoms with E-state index in [0.717, 1.165) is 50.5 Å². The van der Waals surface area contributed by atoms with Crippen molar-refractivity contribution in [1.82, 2.24) is 24.5 Å². The number of benzene rings is 1. The van der Waals surface area contributed by atoms with E-state index in [0.29, 0.717) is 81.9 Å². The second-order valence-corrected chi connectivity index (χ2v) is 18.4. The summed E-state index contributed by atoms with van der Waals surface area (Å²) in [5.41, 5.74) is 1.20. The first-order chi connectivity index (χ1) is 27.1. The number of nitrogens with zero attached hydrogens (tertiary/aromatic N) is 4. The number of aromatic nitrogens is 2. The number of nitrogens with one attached hydrogen (secondary N) is 1. The minimum Gasteiger partial charge on any atom is -0.471 e. The third kappa shape index (κ3) is 8.70. The van der Waals surface area contributed by atoms with Gasteiger partial charge in [-0.05, 0) is 94.3 Å². The van der Waals surface area contributed by atoms with Crippen molar-refractivity contribution in [2.45, 2.75) is 113 Å². The number of allylic oxidation sites excluding steroid dienone is 2. The van der Waals surface area contributed by atoms with Crippen LogP contribution in [0, 0.1) is 23.2 Å². The van der Waals surface area contributed by atoms with Crippen molar-refractivity contribution in [2.75, 3.05) is 26.2 Å². The molecule has 8 rings (SSSR count). The molecule has 6 aliphatic rings. The highest BCUT2D eigenvalue weighted by Gasteiger charge is 2.59. The van der Waals surface area contributed by atoms with E-state index in [-0.39, 0.29) is 42.2 Å². The lowest BCUT2D eigenvalue weighted by Crippen LogP contribution is -2.45. The van der Waals surface area contributed by atoms with Crippen LogP contribution < -0.4 is 9.46 Å². The van der Waals surface area contributed by atoms with E-state index in [1.54, 1.807) is 6.08 Å². The Morgan fingerprint density at radius 2 is 1.75 bits per heavy atom. The van der Waals surface area contributed by atoms with Gasteiger partial charge in [-0.1, -0.05) is 37.1 Å². The Labute approximate surface area is 329 Å². The van der Waals surface area contributed by atoms with Crippen molar-refractivity contribution in [2.24, 2.45) is 23.2 Å². The lowest BCUT2D eigenvalue weighted by atomic mass is 9.85. The third-order valence-corrected chi connectivity index (χ3v) is 14.6. The van der Waals surface area contributed by atoms with Gasteiger partial charge in [-0.3, -0.25) is 19.1 Å². The first-order valence-corrected chi connectivity index (χ1v) is 22.0. The fraction of sp³-hybridized carbons (Fsp3) is 0.619. The smallest absolute Gasteiger partial charge is 0.240 e. The quantitative estimate of drug-likeness (QED) is 0.360. The Hall–Kier alpha value is -4.17. The van der Waals surface area contributed by atoms with Crippen LogP contribution >= 0.6 is 0 Å². The Balaban J connectivity index is 0.00000237. The average Bonchev–Trinajstić information content (AvgIpc) is 3.99. The van der Waals surface area contributed by atoms with Gasteiger partial charge >= 0.3 is 0 Å². The summed E-state index contributed by atoms with van der Waals surface area (Å²) < 4.78 is 40.9. The summed E-state index contributed by atoms with van der Waals surface area (Å²) in [4.78, 5) is 64.1. The van der Waals surface area contributed by atoms with E-state index in [1.807, 2.05) is 46.9 Å². The first kappa shape index (κ1) is 40.0. The van der Waals surface area contributed by atoms with E-state index in [4.69, 9.17) is 24.2 Å². The molecule has 2 aromatic rings. The van der Waals surface area contributed by atoms with Crippen LogP contribution in [0.25, 0.3) is 17.1 Å². The molecule has 1 aromatic heterocycles. The maximum atomic E-state index is 14.9. The lowest BCUT2D eigenvalue weighted by Gasteiger charge is -2.32. The second-order valence-electron chi connectivity index (χ2n) is 16.5. The van der Waals surface area contributed by atoms with Gasteiger partial charge in [-0.15, -0.1) is 6.58 Å². The SMILES string of the molecule is C=C[C@@H]1C[C@]1(CC[C@@H]1C[C@@H]2CN1C(=O)[C@H](C1CCCC1)CC(=O)N1CC[C@@H](C1)OCCC/C=C/c1nc3ccccc3nc1O2)C(=O)NS(=O)(=O)C1CC1.C=O. The molecule has 13 nitrogen and oxygen atoms in total. The maximum absolute atomic E-state index is 14.9. The number of carbonyl (C=O) groups excluding carboxylic acids is 4. The Morgan fingerprint density at radius 3 is 2.46 bits per heavy atom. The second kappa shape index (κ2) is 17.1. The minimum absolute atomic E-state index is 0.00567. The van der Waals surface area contributed by atoms with Crippen LogP contribution in [-0.2, 0) is 33.9 Å². The van der Waals surface area contributed by atoms with Crippen molar-refractivity contribution in [3.05, 3.63) is 48.7 Å². The molecule has 56 heavy (non-hydrogen) atoms. The molecular weight excluding hydrogens is 735 g/mol. The van der Waals surface area contributed by atoms with Crippen LogP contribution in [0.2, 0.25) is 0 Å². The molecule has 5 fully saturated rings. The van der Waals surface area contributed by atoms with Gasteiger partial charge in [0.25, 0.3) is 0 Å². The monoisotopic (exact) mass is 789 g/mol. The number of para-hydroxylation sites is 2. The largest absolute Gasteiger partial charge is 0.471 e. The van der Waals surface area contributed by atoms with Gasteiger partial charge in [0.15, 0.2) is 0 Å². The van der Waals surface area contributed by atoms with Crippen molar-refractivity contribution < 1.29 is 37.1 Å². The molecule has 4 bridgehead atoms. The summed E-state index contributed by atoms with van der Waals surface area (Å²) in [6, 6.07) is 7.40. The van der Waals surface area contributed by atoms with Gasteiger partial charge in [0.2, 0.25) is 33.6 Å². The van der Waals surface area contributed by atoms with E-state index in [1.165, 1.54) is 0 Å². The van der Waals surface area contributed by atoms with E-state index in [9.17, 15) is 22.8 Å². The van der Waals surface area contributed by atoms with E-state index < -0.39 is 38.6 Å². The standard InChI is InChI=1S/C41H53N5O7S.CH2O/c1-2-28-24-41(28,40(49)44-54(50,51)32-15-16-32)19-17-29-22-31-26-46(29)39(48)33(27-10-5-6-11-27)23-37(47)45-20-18-30(25-45)52-21-9-3-4-14-36-38(53-31)43-35-13-8-7-12-34(35)42-36;1-2/h2,4,7-8,12-14,27-33H,1,3,5-6,9-11,15-26H2,(H,44,49);1H2/b14-4+;/t28-,29-,30+,31-,33+,41+;/m1./s1. The number of fused-ring (bicyclic) bond motifs is 6. The Morgan fingerprint density at radius 1 is 1.00 bits per heavy atom. The summed E-state index contributed by atoms with van der Waals surface area (Å²) in [5, 5.41) is -0.504. The van der Waals surface area contributed by atoms with Crippen LogP contribution in [0.3, 0.4) is 0 Å². The molecule has 0 unspecified atom stereocenters. The van der Waals surface area contributed by atoms with E-state index in [2.05, 4.69) is 17.4 Å². The number of rotatable bonds is 8. The predicted molar refractivity (Wildman–Crippen MR) is 211 cm³/mol. The van der Waals surface area contributed by atoms with Gasteiger partial charge in [0, 0.05) is 44.5 Å². The molecule has 1 N–H and O–H groups in total. The molecule has 6 atom stereocenters. The maximum Gasteiger partial charge on any atom is 0.240 e. The Bertz CT molecular complexity index is 1930. The van der Waals surface area contributed by atoms with Crippen LogP contribution in [0.4, 0.5) is 0 Å². The molecule has 1 aromatic carbocycles. The minimum atomic E-state index is -3.71. The van der Waals surface area contributed by atoms with Crippen LogP contribution in [0.5, 0.6) is 5.88 Å². The molecule has 3 saturated carbocycles. The van der Waals surface area contributed by atoms with Gasteiger partial charge in [-0.2, -0.15) is 0 Å². The number of carbonyl (C=O) groups is 4. The number of amides is 3. The highest BCUT2D eigenvalue weighted by atomic mass is 32.2. The summed E-state index contributed by atoms with van der Waals surface area (Å²) in [7, 11) is -3.71. The van der Waals surface area contributed by atoms with Crippen LogP contribution in [0.15, 0.2) is 43.0 Å². The third-order valence-electron chi connectivity index (χ3n) is 12.8. The fourth-order valence-electron chi connectivity index (χ4n) is 9.36. The van der Waals surface area contributed by atoms with E-state index >= 15 is 0 Å². The topological polar surface area (TPSA) is 165 Å². The normalized spacial score (nSPS) is 30.6. The molecular formula is C42H55N5O8S. The van der Waals surface area contributed by atoms with Crippen molar-refractivity contribution in [3.63, 3.8) is 0 Å². The zero-order chi connectivity index (χ0) is 39.5. The molecule has 14 heteroatoms. The summed E-state index contributed by atoms with van der Waals surface area (Å²) in [6.07, 6.45) is 14.9. The van der Waals surface area contributed by atoms with Crippen LogP contribution in [0.1, 0.15) is 95.6 Å². The number of sulfonamides is 1. The molecule has 0 radical (unpaired) electrons. The molecule has 3 aliphatic heterocycles. The van der Waals surface area contributed by atoms with Gasteiger partial charge in [0.1, 0.15) is 18.6 Å². The highest BCUT2D eigenvalue weighted by molar-refractivity contribution is 7.90. The number of hydrogen-bond donors (Lipinski definition) is 1. The van der Waals surface area contributed by atoms with Gasteiger partial charge in [-0.25, -0.2) is 18.4 Å².